The van der Waals surface area contributed by atoms with Crippen LogP contribution < -0.4 is 4.90 Å². The molecule has 0 bridgehead atoms. The first-order valence-corrected chi connectivity index (χ1v) is 23.6. The highest BCUT2D eigenvalue weighted by Gasteiger charge is 2.37. The van der Waals surface area contributed by atoms with Crippen molar-refractivity contribution >= 4 is 50.2 Å². The van der Waals surface area contributed by atoms with E-state index in [-0.39, 0.29) is 5.41 Å². The average Bonchev–Trinajstić information content (AvgIpc) is 3.72. The first-order chi connectivity index (χ1) is 33.7. The molecule has 0 fully saturated rings. The zero-order valence-electron chi connectivity index (χ0n) is 41.0. The van der Waals surface area contributed by atoms with Gasteiger partial charge in [-0.3, -0.25) is 4.99 Å². The van der Waals surface area contributed by atoms with Gasteiger partial charge in [0.1, 0.15) is 0 Å². The summed E-state index contributed by atoms with van der Waals surface area (Å²) in [5, 5.41) is 2.48. The number of hydrogen-bond donors (Lipinski definition) is 0. The molecule has 0 atom stereocenters. The third kappa shape index (κ3) is 10.8. The van der Waals surface area contributed by atoms with Gasteiger partial charge in [0.15, 0.2) is 0 Å². The Morgan fingerprint density at radius 1 is 0.493 bits per heavy atom. The Hall–Kier alpha value is -8.27. The number of aryl methyl sites for hydroxylation is 2. The van der Waals surface area contributed by atoms with E-state index in [0.29, 0.717) is 0 Å². The molecule has 0 aliphatic carbocycles. The molecule has 0 spiro atoms. The van der Waals surface area contributed by atoms with E-state index in [4.69, 9.17) is 4.99 Å². The van der Waals surface area contributed by atoms with E-state index >= 15 is 0 Å². The molecule has 8 aromatic carbocycles. The van der Waals surface area contributed by atoms with Crippen molar-refractivity contribution in [1.29, 1.82) is 0 Å². The highest BCUT2D eigenvalue weighted by molar-refractivity contribution is 6.14. The molecule has 1 aromatic heterocycles. The molecular formula is C66H63N3. The van der Waals surface area contributed by atoms with Crippen LogP contribution in [0.3, 0.4) is 0 Å². The van der Waals surface area contributed by atoms with Gasteiger partial charge in [0, 0.05) is 34.6 Å². The molecule has 0 unspecified atom stereocenters. The monoisotopic (exact) mass is 898 g/mol. The highest BCUT2D eigenvalue weighted by atomic mass is 15.2. The van der Waals surface area contributed by atoms with Crippen molar-refractivity contribution in [3.05, 3.63) is 295 Å². The summed E-state index contributed by atoms with van der Waals surface area (Å²) in [6, 6.07) is 71.6. The summed E-state index contributed by atoms with van der Waals surface area (Å²) in [6.45, 7) is 21.1. The number of allylic oxidation sites excluding steroid dienone is 6. The maximum Gasteiger partial charge on any atom is 0.0649 e. The third-order valence-electron chi connectivity index (χ3n) is 12.6. The summed E-state index contributed by atoms with van der Waals surface area (Å²) in [6.07, 6.45) is 11.1. The minimum absolute atomic E-state index is 0.204. The Balaban J connectivity index is 0.000000353. The van der Waals surface area contributed by atoms with Gasteiger partial charge in [-0.2, -0.15) is 0 Å². The number of hydrogen-bond acceptors (Lipinski definition) is 2. The Kier molecular flexibility index (Phi) is 16.2. The topological polar surface area (TPSA) is 20.5 Å². The second kappa shape index (κ2) is 23.0. The number of rotatable bonds is 8. The molecule has 0 N–H and O–H groups in total. The van der Waals surface area contributed by atoms with E-state index in [1.165, 1.54) is 55.4 Å². The molecule has 10 rings (SSSR count). The SMILES string of the molecule is C=C/C=C\C.C=CC=C.CN=C(C=C(c1ccccc1)c1ccccc1)c1ccc(-n2c3ccccc3c3cc4c(cc32)C(C)(C)c2ccccc2N4c2ccccc2)cc1.Cc1ccccc1C. The standard InChI is InChI=1S/C49H39N3.C8H10.C5H8.C4H6/c1-49(2)42-24-14-16-26-46(42)52(37-21-11-6-12-22-37)48-32-41-39-23-13-15-25-45(39)51(47(41)33-43(48)49)38-29-27-36(28-30-38)44(50-3)31-40(34-17-7-4-8-18-34)35-19-9-5-10-20-35;1-7-5-3-4-6-8(7)2;1-3-5-4-2;1-3-4-2/h4-33H,1-3H3;3-6H,1-2H3;3-5H,1H2,2H3;3-4H,1-2H2/b;;5-4-;. The third-order valence-corrected chi connectivity index (χ3v) is 12.6. The van der Waals surface area contributed by atoms with Crippen LogP contribution in [-0.2, 0) is 5.41 Å². The van der Waals surface area contributed by atoms with Crippen LogP contribution in [0, 0.1) is 13.8 Å². The largest absolute Gasteiger partial charge is 0.310 e. The summed E-state index contributed by atoms with van der Waals surface area (Å²) in [5.74, 6) is 0. The average molecular weight is 898 g/mol. The number of nitrogens with zero attached hydrogens (tertiary/aromatic N) is 3. The molecule has 9 aromatic rings. The molecule has 342 valence electrons. The van der Waals surface area contributed by atoms with Gasteiger partial charge in [-0.05, 0) is 120 Å². The molecule has 0 amide bonds. The van der Waals surface area contributed by atoms with Crippen LogP contribution in [0.5, 0.6) is 0 Å². The molecule has 3 nitrogen and oxygen atoms in total. The quantitative estimate of drug-likeness (QED) is 0.110. The number of para-hydroxylation sites is 3. The van der Waals surface area contributed by atoms with Crippen molar-refractivity contribution in [2.45, 2.75) is 40.0 Å². The molecule has 3 heteroatoms. The van der Waals surface area contributed by atoms with E-state index in [1.54, 1.807) is 18.2 Å². The molecule has 1 aliphatic heterocycles. The van der Waals surface area contributed by atoms with E-state index in [2.05, 4.69) is 263 Å². The van der Waals surface area contributed by atoms with Crippen molar-refractivity contribution < 1.29 is 0 Å². The second-order valence-corrected chi connectivity index (χ2v) is 17.3. The summed E-state index contributed by atoms with van der Waals surface area (Å²) in [4.78, 5) is 7.22. The van der Waals surface area contributed by atoms with Crippen LogP contribution in [-0.4, -0.2) is 17.3 Å². The van der Waals surface area contributed by atoms with Crippen LogP contribution >= 0.6 is 0 Å². The van der Waals surface area contributed by atoms with E-state index in [9.17, 15) is 0 Å². The fourth-order valence-corrected chi connectivity index (χ4v) is 8.86. The fourth-order valence-electron chi connectivity index (χ4n) is 8.86. The predicted molar refractivity (Wildman–Crippen MR) is 301 cm³/mol. The first kappa shape index (κ1) is 48.7. The van der Waals surface area contributed by atoms with Crippen molar-refractivity contribution in [1.82, 2.24) is 4.57 Å². The molecule has 2 heterocycles. The van der Waals surface area contributed by atoms with Crippen molar-refractivity contribution in [3.63, 3.8) is 0 Å². The number of aliphatic imine (C=N–C) groups is 1. The van der Waals surface area contributed by atoms with Gasteiger partial charge in [0.25, 0.3) is 0 Å². The Morgan fingerprint density at radius 2 is 1.03 bits per heavy atom. The van der Waals surface area contributed by atoms with Gasteiger partial charge in [-0.1, -0.05) is 216 Å². The van der Waals surface area contributed by atoms with Crippen molar-refractivity contribution in [2.24, 2.45) is 4.99 Å². The number of fused-ring (bicyclic) bond motifs is 5. The Bertz CT molecular complexity index is 3190. The number of aromatic nitrogens is 1. The van der Waals surface area contributed by atoms with Crippen LogP contribution in [0.15, 0.2) is 261 Å². The summed E-state index contributed by atoms with van der Waals surface area (Å²) in [7, 11) is 1.88. The molecule has 0 saturated carbocycles. The van der Waals surface area contributed by atoms with Gasteiger partial charge < -0.3 is 9.47 Å². The van der Waals surface area contributed by atoms with Crippen molar-refractivity contribution in [3.8, 4) is 5.69 Å². The molecule has 69 heavy (non-hydrogen) atoms. The summed E-state index contributed by atoms with van der Waals surface area (Å²) < 4.78 is 2.43. The van der Waals surface area contributed by atoms with Crippen LogP contribution in [0.1, 0.15) is 59.7 Å². The van der Waals surface area contributed by atoms with Crippen LogP contribution in [0.25, 0.3) is 33.1 Å². The van der Waals surface area contributed by atoms with Gasteiger partial charge in [-0.25, -0.2) is 0 Å². The number of benzene rings is 8. The maximum absolute atomic E-state index is 4.78. The second-order valence-electron chi connectivity index (χ2n) is 17.3. The van der Waals surface area contributed by atoms with Gasteiger partial charge >= 0.3 is 0 Å². The Labute approximate surface area is 410 Å². The molecule has 0 radical (unpaired) electrons. The maximum atomic E-state index is 4.78. The molecular weight excluding hydrogens is 835 g/mol. The van der Waals surface area contributed by atoms with Crippen LogP contribution in [0.4, 0.5) is 17.1 Å². The van der Waals surface area contributed by atoms with Crippen LogP contribution in [0.2, 0.25) is 0 Å². The smallest absolute Gasteiger partial charge is 0.0649 e. The predicted octanol–water partition coefficient (Wildman–Crippen LogP) is 17.9. The first-order valence-electron chi connectivity index (χ1n) is 23.6. The number of anilines is 3. The van der Waals surface area contributed by atoms with Crippen molar-refractivity contribution in [2.75, 3.05) is 11.9 Å². The Morgan fingerprint density at radius 3 is 1.57 bits per heavy atom. The van der Waals surface area contributed by atoms with Gasteiger partial charge in [-0.15, -0.1) is 0 Å². The lowest BCUT2D eigenvalue weighted by atomic mass is 9.73. The summed E-state index contributed by atoms with van der Waals surface area (Å²) >= 11 is 0. The normalized spacial score (nSPS) is 12.2. The highest BCUT2D eigenvalue weighted by Crippen LogP contribution is 2.53. The lowest BCUT2D eigenvalue weighted by Gasteiger charge is -2.42. The summed E-state index contributed by atoms with van der Waals surface area (Å²) in [5.41, 5.74) is 17.8. The van der Waals surface area contributed by atoms with E-state index < -0.39 is 0 Å². The molecule has 0 saturated heterocycles. The zero-order valence-corrected chi connectivity index (χ0v) is 41.0. The van der Waals surface area contributed by atoms with Gasteiger partial charge in [0.2, 0.25) is 0 Å². The van der Waals surface area contributed by atoms with E-state index in [1.807, 2.05) is 26.1 Å². The minimum atomic E-state index is -0.204. The zero-order chi connectivity index (χ0) is 48.8. The molecule has 1 aliphatic rings. The fraction of sp³-hybridized carbons (Fsp3) is 0.106. The minimum Gasteiger partial charge on any atom is -0.310 e. The van der Waals surface area contributed by atoms with E-state index in [0.717, 1.165) is 39.3 Å². The van der Waals surface area contributed by atoms with Gasteiger partial charge in [0.05, 0.1) is 28.1 Å². The lowest BCUT2D eigenvalue weighted by molar-refractivity contribution is 0.632. The lowest BCUT2D eigenvalue weighted by Crippen LogP contribution is -2.30.